The van der Waals surface area contributed by atoms with Crippen LogP contribution >= 0.6 is 12.2 Å². The van der Waals surface area contributed by atoms with Gasteiger partial charge in [0.1, 0.15) is 5.82 Å². The van der Waals surface area contributed by atoms with Gasteiger partial charge in [-0.2, -0.15) is 0 Å². The van der Waals surface area contributed by atoms with E-state index in [-0.39, 0.29) is 0 Å². The van der Waals surface area contributed by atoms with E-state index in [9.17, 15) is 0 Å². The minimum Gasteiger partial charge on any atom is -0.362 e. The summed E-state index contributed by atoms with van der Waals surface area (Å²) in [7, 11) is 4.13. The third-order valence-corrected chi connectivity index (χ3v) is 2.47. The summed E-state index contributed by atoms with van der Waals surface area (Å²) in [6.45, 7) is 3.95. The molecule has 0 atom stereocenters. The van der Waals surface area contributed by atoms with Crippen LogP contribution in [0.4, 0.5) is 5.82 Å². The molecule has 0 aliphatic heterocycles. The van der Waals surface area contributed by atoms with Gasteiger partial charge in [0.05, 0.1) is 0 Å². The van der Waals surface area contributed by atoms with Crippen LogP contribution in [0.25, 0.3) is 0 Å². The van der Waals surface area contributed by atoms with Crippen molar-refractivity contribution in [3.8, 4) is 0 Å². The maximum Gasteiger partial charge on any atom is 0.171 e. The zero-order valence-corrected chi connectivity index (χ0v) is 11.5. The summed E-state index contributed by atoms with van der Waals surface area (Å²) >= 11 is 5.18. The van der Waals surface area contributed by atoms with E-state index in [2.05, 4.69) is 34.6 Å². The van der Waals surface area contributed by atoms with Gasteiger partial charge in [0.25, 0.3) is 0 Å². The molecule has 0 saturated carbocycles. The van der Waals surface area contributed by atoms with Crippen LogP contribution in [0, 0.1) is 6.92 Å². The normalized spacial score (nSPS) is 10.4. The van der Waals surface area contributed by atoms with Gasteiger partial charge < -0.3 is 15.5 Å². The summed E-state index contributed by atoms with van der Waals surface area (Å²) in [4.78, 5) is 6.34. The number of hydrogen-bond acceptors (Lipinski definition) is 3. The molecule has 94 valence electrons. The van der Waals surface area contributed by atoms with E-state index in [1.54, 1.807) is 6.20 Å². The van der Waals surface area contributed by atoms with Gasteiger partial charge in [0.15, 0.2) is 5.11 Å². The first-order valence-corrected chi connectivity index (χ1v) is 6.11. The molecule has 0 bridgehead atoms. The van der Waals surface area contributed by atoms with E-state index in [0.717, 1.165) is 30.9 Å². The van der Waals surface area contributed by atoms with Crippen molar-refractivity contribution in [3.05, 3.63) is 23.9 Å². The molecule has 0 radical (unpaired) electrons. The summed E-state index contributed by atoms with van der Waals surface area (Å²) in [5, 5.41) is 6.85. The molecule has 1 rings (SSSR count). The van der Waals surface area contributed by atoms with Crippen LogP contribution in [0.1, 0.15) is 12.0 Å². The average Bonchev–Trinajstić information content (AvgIpc) is 2.24. The first kappa shape index (κ1) is 13.9. The zero-order chi connectivity index (χ0) is 12.7. The van der Waals surface area contributed by atoms with Crippen molar-refractivity contribution in [3.63, 3.8) is 0 Å². The molecule has 0 fully saturated rings. The predicted molar refractivity (Wildman–Crippen MR) is 76.4 cm³/mol. The highest BCUT2D eigenvalue weighted by atomic mass is 32.1. The van der Waals surface area contributed by atoms with Crippen LogP contribution in [0.3, 0.4) is 0 Å². The van der Waals surface area contributed by atoms with Crippen LogP contribution in [0.5, 0.6) is 0 Å². The maximum atomic E-state index is 5.18. The number of hydrogen-bond donors (Lipinski definition) is 2. The van der Waals surface area contributed by atoms with Crippen molar-refractivity contribution in [2.45, 2.75) is 13.3 Å². The highest BCUT2D eigenvalue weighted by molar-refractivity contribution is 7.80. The van der Waals surface area contributed by atoms with Gasteiger partial charge in [-0.15, -0.1) is 0 Å². The minimum atomic E-state index is 0.627. The number of anilines is 1. The Morgan fingerprint density at radius 2 is 2.24 bits per heavy atom. The Hall–Kier alpha value is -1.20. The van der Waals surface area contributed by atoms with E-state index in [0.29, 0.717) is 5.11 Å². The first-order valence-electron chi connectivity index (χ1n) is 5.70. The second-order valence-electron chi connectivity index (χ2n) is 4.26. The quantitative estimate of drug-likeness (QED) is 0.616. The molecule has 0 aliphatic rings. The van der Waals surface area contributed by atoms with Gasteiger partial charge in [-0.1, -0.05) is 0 Å². The van der Waals surface area contributed by atoms with Crippen molar-refractivity contribution in [2.24, 2.45) is 0 Å². The van der Waals surface area contributed by atoms with E-state index in [4.69, 9.17) is 12.2 Å². The fourth-order valence-corrected chi connectivity index (χ4v) is 1.57. The zero-order valence-electron chi connectivity index (χ0n) is 10.7. The molecular weight excluding hydrogens is 232 g/mol. The number of aromatic nitrogens is 1. The molecule has 2 N–H and O–H groups in total. The molecule has 0 saturated heterocycles. The third-order valence-electron chi connectivity index (χ3n) is 2.22. The fraction of sp³-hybridized carbons (Fsp3) is 0.500. The van der Waals surface area contributed by atoms with E-state index >= 15 is 0 Å². The Labute approximate surface area is 108 Å². The number of rotatable bonds is 5. The Morgan fingerprint density at radius 3 is 2.88 bits per heavy atom. The molecular formula is C12H20N4S. The van der Waals surface area contributed by atoms with Gasteiger partial charge in [-0.3, -0.25) is 0 Å². The number of aryl methyl sites for hydroxylation is 1. The molecule has 17 heavy (non-hydrogen) atoms. The molecule has 0 unspecified atom stereocenters. The molecule has 0 aliphatic carbocycles. The Balaban J connectivity index is 2.25. The lowest BCUT2D eigenvalue weighted by Gasteiger charge is -2.12. The van der Waals surface area contributed by atoms with Gasteiger partial charge in [0, 0.05) is 12.7 Å². The Bertz CT molecular complexity index is 365. The van der Waals surface area contributed by atoms with Crippen LogP contribution in [-0.4, -0.2) is 42.2 Å². The second-order valence-corrected chi connectivity index (χ2v) is 4.66. The number of nitrogens with one attached hydrogen (secondary N) is 2. The van der Waals surface area contributed by atoms with E-state index in [1.165, 1.54) is 0 Å². The lowest BCUT2D eigenvalue weighted by Crippen LogP contribution is -2.31. The van der Waals surface area contributed by atoms with Gasteiger partial charge in [0.2, 0.25) is 0 Å². The maximum absolute atomic E-state index is 5.18. The molecule has 0 spiro atoms. The van der Waals surface area contributed by atoms with Gasteiger partial charge in [-0.05, 0) is 63.9 Å². The largest absolute Gasteiger partial charge is 0.362 e. The van der Waals surface area contributed by atoms with Crippen LogP contribution in [0.15, 0.2) is 18.3 Å². The molecule has 0 amide bonds. The molecule has 4 nitrogen and oxygen atoms in total. The molecule has 1 aromatic rings. The van der Waals surface area contributed by atoms with Crippen molar-refractivity contribution in [2.75, 3.05) is 32.5 Å². The van der Waals surface area contributed by atoms with Crippen LogP contribution in [-0.2, 0) is 0 Å². The second kappa shape index (κ2) is 7.19. The summed E-state index contributed by atoms with van der Waals surface area (Å²) < 4.78 is 0. The van der Waals surface area contributed by atoms with Gasteiger partial charge >= 0.3 is 0 Å². The average molecular weight is 252 g/mol. The third kappa shape index (κ3) is 6.19. The monoisotopic (exact) mass is 252 g/mol. The van der Waals surface area contributed by atoms with Crippen molar-refractivity contribution in [1.29, 1.82) is 0 Å². The minimum absolute atomic E-state index is 0.627. The summed E-state index contributed by atoms with van der Waals surface area (Å²) in [6, 6.07) is 3.92. The highest BCUT2D eigenvalue weighted by Gasteiger charge is 1.98. The smallest absolute Gasteiger partial charge is 0.171 e. The standard InChI is InChI=1S/C12H20N4S/c1-10-5-7-13-11(9-10)15-12(17)14-6-4-8-16(2)3/h5,7,9H,4,6,8H2,1-3H3,(H2,13,14,15,17). The van der Waals surface area contributed by atoms with Crippen LogP contribution in [0.2, 0.25) is 0 Å². The van der Waals surface area contributed by atoms with E-state index < -0.39 is 0 Å². The first-order chi connectivity index (χ1) is 8.08. The molecule has 5 heteroatoms. The van der Waals surface area contributed by atoms with E-state index in [1.807, 2.05) is 19.1 Å². The highest BCUT2D eigenvalue weighted by Crippen LogP contribution is 2.04. The van der Waals surface area contributed by atoms with Crippen molar-refractivity contribution >= 4 is 23.1 Å². The SMILES string of the molecule is Cc1ccnc(NC(=S)NCCCN(C)C)c1. The predicted octanol–water partition coefficient (Wildman–Crippen LogP) is 1.63. The van der Waals surface area contributed by atoms with Crippen molar-refractivity contribution in [1.82, 2.24) is 15.2 Å². The topological polar surface area (TPSA) is 40.2 Å². The summed E-state index contributed by atoms with van der Waals surface area (Å²) in [5.74, 6) is 0.787. The fourth-order valence-electron chi connectivity index (χ4n) is 1.36. The number of thiocarbonyl (C=S) groups is 1. The molecule has 0 aromatic carbocycles. The number of nitrogens with zero attached hydrogens (tertiary/aromatic N) is 2. The number of pyridine rings is 1. The van der Waals surface area contributed by atoms with Crippen LogP contribution < -0.4 is 10.6 Å². The van der Waals surface area contributed by atoms with Crippen molar-refractivity contribution < 1.29 is 0 Å². The summed E-state index contributed by atoms with van der Waals surface area (Å²) in [6.07, 6.45) is 2.84. The van der Waals surface area contributed by atoms with Gasteiger partial charge in [-0.25, -0.2) is 4.98 Å². The summed E-state index contributed by atoms with van der Waals surface area (Å²) in [5.41, 5.74) is 1.16. The lowest BCUT2D eigenvalue weighted by molar-refractivity contribution is 0.400. The molecule has 1 aromatic heterocycles. The molecule has 1 heterocycles. The Kier molecular flexibility index (Phi) is 5.86. The lowest BCUT2D eigenvalue weighted by atomic mass is 10.3. The Morgan fingerprint density at radius 1 is 1.47 bits per heavy atom.